The Morgan fingerprint density at radius 1 is 1.45 bits per heavy atom. The molecule has 0 saturated carbocycles. The first kappa shape index (κ1) is 14.7. The van der Waals surface area contributed by atoms with Gasteiger partial charge in [0.2, 0.25) is 5.91 Å². The second-order valence-corrected chi connectivity index (χ2v) is 5.86. The molecule has 0 aliphatic carbocycles. The average Bonchev–Trinajstić information content (AvgIpc) is 2.83. The number of carbonyl (C=O) groups excluding carboxylic acids is 1. The molecule has 1 aliphatic heterocycles. The van der Waals surface area contributed by atoms with Gasteiger partial charge in [-0.1, -0.05) is 11.3 Å². The highest BCUT2D eigenvalue weighted by Gasteiger charge is 2.24. The maximum absolute atomic E-state index is 12.1. The Labute approximate surface area is 120 Å². The van der Waals surface area contributed by atoms with Gasteiger partial charge in [-0.25, -0.2) is 0 Å². The number of nitro groups is 1. The molecule has 0 aromatic carbocycles. The number of nitrogens with zero attached hydrogens (tertiary/aromatic N) is 2. The van der Waals surface area contributed by atoms with Crippen molar-refractivity contribution in [1.82, 2.24) is 4.90 Å². The molecule has 20 heavy (non-hydrogen) atoms. The van der Waals surface area contributed by atoms with Crippen LogP contribution in [0.5, 0.6) is 0 Å². The Bertz CT molecular complexity index is 530. The summed E-state index contributed by atoms with van der Waals surface area (Å²) in [6.07, 6.45) is 3.13. The molecule has 2 atom stereocenters. The lowest BCUT2D eigenvalue weighted by atomic mass is 10.2. The van der Waals surface area contributed by atoms with E-state index in [2.05, 4.69) is 0 Å². The van der Waals surface area contributed by atoms with Gasteiger partial charge in [-0.3, -0.25) is 14.9 Å². The van der Waals surface area contributed by atoms with Crippen molar-refractivity contribution in [3.05, 3.63) is 33.2 Å². The fraction of sp³-hybridized carbons (Fsp3) is 0.462. The van der Waals surface area contributed by atoms with Crippen LogP contribution < -0.4 is 0 Å². The van der Waals surface area contributed by atoms with Crippen LogP contribution in [-0.4, -0.2) is 41.0 Å². The molecular formula is C13H16N2O4S. The van der Waals surface area contributed by atoms with E-state index in [1.807, 2.05) is 13.8 Å². The van der Waals surface area contributed by atoms with Crippen LogP contribution in [-0.2, 0) is 9.53 Å². The monoisotopic (exact) mass is 296 g/mol. The van der Waals surface area contributed by atoms with Crippen molar-refractivity contribution in [2.75, 3.05) is 13.1 Å². The summed E-state index contributed by atoms with van der Waals surface area (Å²) in [7, 11) is 0. The lowest BCUT2D eigenvalue weighted by Gasteiger charge is -2.34. The summed E-state index contributed by atoms with van der Waals surface area (Å²) in [6.45, 7) is 5.00. The van der Waals surface area contributed by atoms with Gasteiger partial charge in [0.05, 0.1) is 17.1 Å². The molecule has 1 saturated heterocycles. The fourth-order valence-corrected chi connectivity index (χ4v) is 2.87. The summed E-state index contributed by atoms with van der Waals surface area (Å²) in [5, 5.41) is 10.6. The summed E-state index contributed by atoms with van der Waals surface area (Å²) in [5.74, 6) is -0.0944. The largest absolute Gasteiger partial charge is 0.372 e. The summed E-state index contributed by atoms with van der Waals surface area (Å²) in [4.78, 5) is 24.6. The van der Waals surface area contributed by atoms with Crippen molar-refractivity contribution in [3.63, 3.8) is 0 Å². The Kier molecular flexibility index (Phi) is 4.51. The van der Waals surface area contributed by atoms with Gasteiger partial charge in [-0.15, -0.1) is 0 Å². The maximum atomic E-state index is 12.1. The van der Waals surface area contributed by atoms with E-state index in [4.69, 9.17) is 4.74 Å². The fourth-order valence-electron chi connectivity index (χ4n) is 2.15. The maximum Gasteiger partial charge on any atom is 0.324 e. The quantitative estimate of drug-likeness (QED) is 0.487. The molecule has 1 aromatic rings. The van der Waals surface area contributed by atoms with Crippen LogP contribution in [0.4, 0.5) is 5.00 Å². The zero-order valence-corrected chi connectivity index (χ0v) is 12.1. The van der Waals surface area contributed by atoms with E-state index >= 15 is 0 Å². The molecule has 0 spiro atoms. The second kappa shape index (κ2) is 6.15. The zero-order valence-electron chi connectivity index (χ0n) is 11.3. The van der Waals surface area contributed by atoms with Crippen molar-refractivity contribution in [3.8, 4) is 0 Å². The molecule has 6 nitrogen and oxygen atoms in total. The van der Waals surface area contributed by atoms with Gasteiger partial charge >= 0.3 is 5.00 Å². The summed E-state index contributed by atoms with van der Waals surface area (Å²) in [5.41, 5.74) is 0. The molecule has 0 unspecified atom stereocenters. The molecule has 2 rings (SSSR count). The van der Waals surface area contributed by atoms with Gasteiger partial charge in [-0.05, 0) is 26.0 Å². The van der Waals surface area contributed by atoms with Crippen LogP contribution >= 0.6 is 11.3 Å². The number of thiophene rings is 1. The minimum atomic E-state index is -0.435. The third-order valence-corrected chi connectivity index (χ3v) is 3.92. The molecular weight excluding hydrogens is 280 g/mol. The molecule has 1 aromatic heterocycles. The van der Waals surface area contributed by atoms with Gasteiger partial charge in [0, 0.05) is 30.1 Å². The second-order valence-electron chi connectivity index (χ2n) is 4.77. The van der Waals surface area contributed by atoms with Crippen molar-refractivity contribution in [1.29, 1.82) is 0 Å². The minimum absolute atomic E-state index is 0.0268. The van der Waals surface area contributed by atoms with E-state index in [-0.39, 0.29) is 23.1 Å². The van der Waals surface area contributed by atoms with Gasteiger partial charge in [-0.2, -0.15) is 0 Å². The van der Waals surface area contributed by atoms with Crippen LogP contribution in [0.2, 0.25) is 0 Å². The van der Waals surface area contributed by atoms with Crippen LogP contribution in [0.3, 0.4) is 0 Å². The number of morpholine rings is 1. The lowest BCUT2D eigenvalue weighted by molar-refractivity contribution is -0.380. The standard InChI is InChI=1S/C13H16N2O4S/c1-9-7-14(8-10(2)19-9)12(16)5-3-11-4-6-13(20-11)15(17)18/h3-6,9-10H,7-8H2,1-2H3/b5-3+/t9-,10-/m0/s1. The van der Waals surface area contributed by atoms with Crippen molar-refractivity contribution < 1.29 is 14.5 Å². The molecule has 1 fully saturated rings. The minimum Gasteiger partial charge on any atom is -0.372 e. The van der Waals surface area contributed by atoms with E-state index in [0.29, 0.717) is 18.0 Å². The van der Waals surface area contributed by atoms with E-state index in [1.54, 1.807) is 17.0 Å². The predicted molar refractivity (Wildman–Crippen MR) is 76.6 cm³/mol. The Morgan fingerprint density at radius 2 is 2.10 bits per heavy atom. The first-order valence-electron chi connectivity index (χ1n) is 6.32. The highest BCUT2D eigenvalue weighted by Crippen LogP contribution is 2.25. The molecule has 7 heteroatoms. The Morgan fingerprint density at radius 3 is 2.65 bits per heavy atom. The predicted octanol–water partition coefficient (Wildman–Crippen LogP) is 2.31. The smallest absolute Gasteiger partial charge is 0.324 e. The van der Waals surface area contributed by atoms with Gasteiger partial charge < -0.3 is 9.64 Å². The number of rotatable bonds is 3. The number of carbonyl (C=O) groups is 1. The lowest BCUT2D eigenvalue weighted by Crippen LogP contribution is -2.47. The van der Waals surface area contributed by atoms with Crippen LogP contribution in [0.1, 0.15) is 18.7 Å². The third-order valence-electron chi connectivity index (χ3n) is 2.91. The number of hydrogen-bond donors (Lipinski definition) is 0. The number of hydrogen-bond acceptors (Lipinski definition) is 5. The summed E-state index contributed by atoms with van der Waals surface area (Å²) in [6, 6.07) is 3.07. The molecule has 1 aliphatic rings. The van der Waals surface area contributed by atoms with E-state index < -0.39 is 4.92 Å². The van der Waals surface area contributed by atoms with Gasteiger partial charge in [0.25, 0.3) is 0 Å². The van der Waals surface area contributed by atoms with Gasteiger partial charge in [0.1, 0.15) is 0 Å². The van der Waals surface area contributed by atoms with E-state index in [9.17, 15) is 14.9 Å². The molecule has 108 valence electrons. The van der Waals surface area contributed by atoms with E-state index in [0.717, 1.165) is 11.3 Å². The molecule has 0 bridgehead atoms. The van der Waals surface area contributed by atoms with Crippen LogP contribution in [0, 0.1) is 10.1 Å². The Hall–Kier alpha value is -1.73. The highest BCUT2D eigenvalue weighted by atomic mass is 32.1. The molecule has 0 radical (unpaired) electrons. The number of amides is 1. The normalized spacial score (nSPS) is 23.2. The van der Waals surface area contributed by atoms with Crippen molar-refractivity contribution in [2.24, 2.45) is 0 Å². The summed E-state index contributed by atoms with van der Waals surface area (Å²) < 4.78 is 5.57. The van der Waals surface area contributed by atoms with Crippen molar-refractivity contribution >= 4 is 28.3 Å². The molecule has 2 heterocycles. The first-order valence-corrected chi connectivity index (χ1v) is 7.14. The molecule has 1 amide bonds. The molecule has 0 N–H and O–H groups in total. The average molecular weight is 296 g/mol. The highest BCUT2D eigenvalue weighted by molar-refractivity contribution is 7.16. The van der Waals surface area contributed by atoms with Crippen LogP contribution in [0.15, 0.2) is 18.2 Å². The Balaban J connectivity index is 1.99. The van der Waals surface area contributed by atoms with Gasteiger partial charge in [0.15, 0.2) is 0 Å². The third kappa shape index (κ3) is 3.64. The van der Waals surface area contributed by atoms with E-state index in [1.165, 1.54) is 12.1 Å². The topological polar surface area (TPSA) is 72.7 Å². The van der Waals surface area contributed by atoms with Crippen LogP contribution in [0.25, 0.3) is 6.08 Å². The van der Waals surface area contributed by atoms with Crippen molar-refractivity contribution in [2.45, 2.75) is 26.1 Å². The summed E-state index contributed by atoms with van der Waals surface area (Å²) >= 11 is 1.05. The zero-order chi connectivity index (χ0) is 14.7. The number of ether oxygens (including phenoxy) is 1. The first-order chi connectivity index (χ1) is 9.45. The SMILES string of the molecule is C[C@H]1CN(C(=O)/C=C/c2ccc([N+](=O)[O-])s2)C[C@H](C)O1.